The highest BCUT2D eigenvalue weighted by Gasteiger charge is 2.19. The maximum Gasteiger partial charge on any atom is 0.235 e. The maximum atomic E-state index is 12.9. The first kappa shape index (κ1) is 17.7. The van der Waals surface area contributed by atoms with E-state index < -0.39 is 0 Å². The summed E-state index contributed by atoms with van der Waals surface area (Å²) in [6.07, 6.45) is 0. The van der Waals surface area contributed by atoms with E-state index in [1.54, 1.807) is 57.7 Å². The molecule has 2 aromatic carbocycles. The van der Waals surface area contributed by atoms with Crippen molar-refractivity contribution in [3.8, 4) is 34.3 Å². The second kappa shape index (κ2) is 7.39. The molecule has 0 amide bonds. The third-order valence-electron chi connectivity index (χ3n) is 3.99. The van der Waals surface area contributed by atoms with Crippen molar-refractivity contribution < 1.29 is 23.4 Å². The summed E-state index contributed by atoms with van der Waals surface area (Å²) >= 11 is 0. The minimum atomic E-state index is -0.236. The zero-order valence-electron chi connectivity index (χ0n) is 15.1. The molecule has 6 nitrogen and oxygen atoms in total. The molecule has 1 aromatic heterocycles. The summed E-state index contributed by atoms with van der Waals surface area (Å²) in [4.78, 5) is 12.9. The normalized spacial score (nSPS) is 10.6. The highest BCUT2D eigenvalue weighted by molar-refractivity contribution is 5.83. The molecule has 0 bridgehead atoms. The van der Waals surface area contributed by atoms with E-state index in [9.17, 15) is 4.79 Å². The van der Waals surface area contributed by atoms with E-state index in [4.69, 9.17) is 23.4 Å². The average molecular weight is 356 g/mol. The number of ether oxygens (including phenoxy) is 4. The summed E-state index contributed by atoms with van der Waals surface area (Å²) in [5, 5.41) is 0.429. The van der Waals surface area contributed by atoms with Gasteiger partial charge in [-0.05, 0) is 37.3 Å². The summed E-state index contributed by atoms with van der Waals surface area (Å²) in [7, 11) is 4.67. The van der Waals surface area contributed by atoms with Crippen molar-refractivity contribution in [2.45, 2.75) is 6.92 Å². The Hall–Kier alpha value is -3.15. The zero-order chi connectivity index (χ0) is 18.7. The van der Waals surface area contributed by atoms with Crippen LogP contribution in [0.2, 0.25) is 0 Å². The van der Waals surface area contributed by atoms with E-state index >= 15 is 0 Å². The molecule has 0 radical (unpaired) electrons. The van der Waals surface area contributed by atoms with Crippen molar-refractivity contribution in [3.63, 3.8) is 0 Å². The monoisotopic (exact) mass is 356 g/mol. The van der Waals surface area contributed by atoms with Crippen molar-refractivity contribution in [3.05, 3.63) is 46.6 Å². The first-order valence-electron chi connectivity index (χ1n) is 8.13. The fraction of sp³-hybridized carbons (Fsp3) is 0.250. The molecule has 0 saturated heterocycles. The number of hydrogen-bond acceptors (Lipinski definition) is 6. The molecule has 1 heterocycles. The maximum absolute atomic E-state index is 12.9. The highest BCUT2D eigenvalue weighted by Crippen LogP contribution is 2.37. The Morgan fingerprint density at radius 1 is 0.923 bits per heavy atom. The summed E-state index contributed by atoms with van der Waals surface area (Å²) in [5.41, 5.74) is 0.830. The Morgan fingerprint density at radius 2 is 1.69 bits per heavy atom. The second-order valence-electron chi connectivity index (χ2n) is 5.45. The fourth-order valence-corrected chi connectivity index (χ4v) is 2.73. The first-order chi connectivity index (χ1) is 12.6. The molecule has 0 atom stereocenters. The van der Waals surface area contributed by atoms with Crippen LogP contribution in [0.25, 0.3) is 22.3 Å². The van der Waals surface area contributed by atoms with Crippen LogP contribution in [-0.4, -0.2) is 27.9 Å². The summed E-state index contributed by atoms with van der Waals surface area (Å²) in [5.74, 6) is 2.21. The molecule has 3 aromatic rings. The van der Waals surface area contributed by atoms with Gasteiger partial charge in [-0.25, -0.2) is 0 Å². The highest BCUT2D eigenvalue weighted by atomic mass is 16.5. The van der Waals surface area contributed by atoms with Gasteiger partial charge in [0.2, 0.25) is 11.2 Å². The van der Waals surface area contributed by atoms with E-state index in [0.717, 1.165) is 0 Å². The molecule has 0 aliphatic rings. The van der Waals surface area contributed by atoms with Crippen LogP contribution in [0, 0.1) is 0 Å². The second-order valence-corrected chi connectivity index (χ2v) is 5.45. The predicted molar refractivity (Wildman–Crippen MR) is 98.7 cm³/mol. The van der Waals surface area contributed by atoms with Gasteiger partial charge in [0.15, 0.2) is 17.3 Å². The molecule has 0 aliphatic heterocycles. The molecule has 0 saturated carbocycles. The van der Waals surface area contributed by atoms with Crippen molar-refractivity contribution in [2.75, 3.05) is 27.9 Å². The molecule has 0 unspecified atom stereocenters. The lowest BCUT2D eigenvalue weighted by atomic mass is 10.1. The van der Waals surface area contributed by atoms with Crippen LogP contribution in [0.5, 0.6) is 23.0 Å². The number of rotatable bonds is 6. The van der Waals surface area contributed by atoms with Crippen molar-refractivity contribution in [2.24, 2.45) is 0 Å². The molecule has 136 valence electrons. The van der Waals surface area contributed by atoms with Crippen LogP contribution in [0.15, 0.2) is 45.6 Å². The SMILES string of the molecule is CCOc1c(-c2ccc(OC)c(OC)c2)oc2cc(OC)ccc2c1=O. The lowest BCUT2D eigenvalue weighted by Gasteiger charge is -2.13. The smallest absolute Gasteiger partial charge is 0.235 e. The topological polar surface area (TPSA) is 67.1 Å². The number of benzene rings is 2. The summed E-state index contributed by atoms with van der Waals surface area (Å²) < 4.78 is 27.5. The lowest BCUT2D eigenvalue weighted by Crippen LogP contribution is -2.10. The van der Waals surface area contributed by atoms with Crippen molar-refractivity contribution in [1.82, 2.24) is 0 Å². The van der Waals surface area contributed by atoms with Crippen molar-refractivity contribution >= 4 is 11.0 Å². The number of fused-ring (bicyclic) bond motifs is 1. The molecule has 0 fully saturated rings. The molecular formula is C20H20O6. The van der Waals surface area contributed by atoms with E-state index in [1.165, 1.54) is 0 Å². The van der Waals surface area contributed by atoms with E-state index in [2.05, 4.69) is 0 Å². The molecule has 3 rings (SSSR count). The predicted octanol–water partition coefficient (Wildman–Crippen LogP) is 3.88. The molecule has 0 N–H and O–H groups in total. The van der Waals surface area contributed by atoms with Crippen LogP contribution in [-0.2, 0) is 0 Å². The van der Waals surface area contributed by atoms with Crippen LogP contribution >= 0.6 is 0 Å². The minimum Gasteiger partial charge on any atom is -0.497 e. The van der Waals surface area contributed by atoms with Gasteiger partial charge in [0.1, 0.15) is 11.3 Å². The molecule has 0 spiro atoms. The van der Waals surface area contributed by atoms with E-state index in [1.807, 2.05) is 6.92 Å². The van der Waals surface area contributed by atoms with Gasteiger partial charge in [0, 0.05) is 11.6 Å². The quantitative estimate of drug-likeness (QED) is 0.668. The average Bonchev–Trinajstić information content (AvgIpc) is 2.69. The van der Waals surface area contributed by atoms with Gasteiger partial charge in [0.05, 0.1) is 33.3 Å². The first-order valence-corrected chi connectivity index (χ1v) is 8.13. The Kier molecular flexibility index (Phi) is 5.02. The Bertz CT molecular complexity index is 989. The van der Waals surface area contributed by atoms with Gasteiger partial charge < -0.3 is 23.4 Å². The zero-order valence-corrected chi connectivity index (χ0v) is 15.1. The number of hydrogen-bond donors (Lipinski definition) is 0. The van der Waals surface area contributed by atoms with Crippen LogP contribution < -0.4 is 24.4 Å². The van der Waals surface area contributed by atoms with Gasteiger partial charge in [-0.3, -0.25) is 4.79 Å². The fourth-order valence-electron chi connectivity index (χ4n) is 2.73. The van der Waals surface area contributed by atoms with Crippen LogP contribution in [0.1, 0.15) is 6.92 Å². The number of methoxy groups -OCH3 is 3. The third kappa shape index (κ3) is 3.06. The Labute approximate surface area is 150 Å². The summed E-state index contributed by atoms with van der Waals surface area (Å²) in [6.45, 7) is 2.16. The largest absolute Gasteiger partial charge is 0.497 e. The van der Waals surface area contributed by atoms with Gasteiger partial charge in [-0.15, -0.1) is 0 Å². The van der Waals surface area contributed by atoms with E-state index in [0.29, 0.717) is 46.1 Å². The standard InChI is InChI=1S/C20H20O6/c1-5-25-20-18(21)14-8-7-13(22-2)11-16(14)26-19(20)12-6-9-15(23-3)17(10-12)24-4/h6-11H,5H2,1-4H3. The molecule has 26 heavy (non-hydrogen) atoms. The lowest BCUT2D eigenvalue weighted by molar-refractivity contribution is 0.330. The molecule has 6 heteroatoms. The molecular weight excluding hydrogens is 336 g/mol. The third-order valence-corrected chi connectivity index (χ3v) is 3.99. The van der Waals surface area contributed by atoms with Crippen molar-refractivity contribution in [1.29, 1.82) is 0 Å². The van der Waals surface area contributed by atoms with Gasteiger partial charge in [0.25, 0.3) is 0 Å². The van der Waals surface area contributed by atoms with Gasteiger partial charge >= 0.3 is 0 Å². The van der Waals surface area contributed by atoms with Gasteiger partial charge in [-0.1, -0.05) is 0 Å². The van der Waals surface area contributed by atoms with E-state index in [-0.39, 0.29) is 11.2 Å². The minimum absolute atomic E-state index is 0.164. The summed E-state index contributed by atoms with van der Waals surface area (Å²) in [6, 6.07) is 10.3. The molecule has 0 aliphatic carbocycles. The Balaban J connectivity index is 2.29. The van der Waals surface area contributed by atoms with Crippen LogP contribution in [0.3, 0.4) is 0 Å². The Morgan fingerprint density at radius 3 is 2.35 bits per heavy atom. The van der Waals surface area contributed by atoms with Crippen LogP contribution in [0.4, 0.5) is 0 Å². The van der Waals surface area contributed by atoms with Gasteiger partial charge in [-0.2, -0.15) is 0 Å².